The lowest BCUT2D eigenvalue weighted by molar-refractivity contribution is -0.148. The molecule has 30 heavy (non-hydrogen) atoms. The van der Waals surface area contributed by atoms with E-state index in [1.54, 1.807) is 0 Å². The van der Waals surface area contributed by atoms with Crippen LogP contribution in [-0.4, -0.2) is 41.1 Å². The molecule has 1 unspecified atom stereocenters. The highest BCUT2D eigenvalue weighted by atomic mass is 16.5. The second-order valence-electron chi connectivity index (χ2n) is 8.94. The fourth-order valence-corrected chi connectivity index (χ4v) is 5.54. The number of piperidine rings is 1. The van der Waals surface area contributed by atoms with Gasteiger partial charge in [0, 0.05) is 42.7 Å². The molecular weight excluding hydrogens is 374 g/mol. The van der Waals surface area contributed by atoms with Crippen LogP contribution < -0.4 is 5.73 Å². The first-order valence-corrected chi connectivity index (χ1v) is 10.8. The van der Waals surface area contributed by atoms with Crippen LogP contribution in [0.15, 0.2) is 54.7 Å². The van der Waals surface area contributed by atoms with Crippen molar-refractivity contribution >= 4 is 16.9 Å². The van der Waals surface area contributed by atoms with Gasteiger partial charge in [-0.3, -0.25) is 4.79 Å². The number of esters is 1. The number of carbonyl (C=O) groups is 1. The maximum absolute atomic E-state index is 12.7. The van der Waals surface area contributed by atoms with Gasteiger partial charge in [0.1, 0.15) is 12.6 Å². The fraction of sp³-hybridized carbons (Fsp3) is 0.400. The molecule has 156 valence electrons. The quantitative estimate of drug-likeness (QED) is 0.680. The van der Waals surface area contributed by atoms with Gasteiger partial charge >= 0.3 is 5.97 Å². The lowest BCUT2D eigenvalue weighted by Crippen LogP contribution is -2.53. The molecule has 0 amide bonds. The molecule has 1 aliphatic heterocycles. The van der Waals surface area contributed by atoms with E-state index in [0.29, 0.717) is 12.0 Å². The zero-order valence-corrected chi connectivity index (χ0v) is 17.6. The number of nitrogens with zero attached hydrogens (tertiary/aromatic N) is 2. The number of aryl methyl sites for hydroxylation is 1. The lowest BCUT2D eigenvalue weighted by atomic mass is 9.71. The smallest absolute Gasteiger partial charge is 0.323 e. The van der Waals surface area contributed by atoms with Crippen molar-refractivity contribution in [1.82, 2.24) is 9.47 Å². The molecule has 4 atom stereocenters. The van der Waals surface area contributed by atoms with Gasteiger partial charge in [-0.25, -0.2) is 0 Å². The van der Waals surface area contributed by atoms with Crippen molar-refractivity contribution in [3.8, 4) is 0 Å². The minimum atomic E-state index is -0.603. The zero-order valence-electron chi connectivity index (χ0n) is 17.6. The van der Waals surface area contributed by atoms with Crippen LogP contribution in [0.5, 0.6) is 0 Å². The summed E-state index contributed by atoms with van der Waals surface area (Å²) in [7, 11) is 4.29. The lowest BCUT2D eigenvalue weighted by Gasteiger charge is -2.46. The molecule has 2 N–H and O–H groups in total. The summed E-state index contributed by atoms with van der Waals surface area (Å²) in [5.74, 6) is 0.172. The van der Waals surface area contributed by atoms with E-state index in [4.69, 9.17) is 10.5 Å². The second kappa shape index (κ2) is 7.56. The number of nitrogens with two attached hydrogens (primary N) is 1. The molecule has 2 aromatic carbocycles. The van der Waals surface area contributed by atoms with Crippen molar-refractivity contribution in [3.05, 3.63) is 71.4 Å². The van der Waals surface area contributed by atoms with Gasteiger partial charge in [-0.05, 0) is 48.6 Å². The average Bonchev–Trinajstić information content (AvgIpc) is 3.09. The average molecular weight is 404 g/mol. The highest BCUT2D eigenvalue weighted by molar-refractivity contribution is 5.89. The molecule has 1 aliphatic carbocycles. The summed E-state index contributed by atoms with van der Waals surface area (Å²) in [6.45, 7) is 1.09. The first-order valence-electron chi connectivity index (χ1n) is 10.8. The molecular formula is C25H29N3O2. The van der Waals surface area contributed by atoms with Gasteiger partial charge in [0.2, 0.25) is 0 Å². The molecule has 1 saturated heterocycles. The summed E-state index contributed by atoms with van der Waals surface area (Å²) in [6, 6.07) is 16.2. The summed E-state index contributed by atoms with van der Waals surface area (Å²) < 4.78 is 7.78. The van der Waals surface area contributed by atoms with Gasteiger partial charge in [-0.15, -0.1) is 0 Å². The Balaban J connectivity index is 1.35. The van der Waals surface area contributed by atoms with Gasteiger partial charge in [0.05, 0.1) is 0 Å². The molecule has 5 nitrogen and oxygen atoms in total. The van der Waals surface area contributed by atoms with Crippen LogP contribution >= 0.6 is 0 Å². The molecule has 5 heteroatoms. The Morgan fingerprint density at radius 1 is 1.17 bits per heavy atom. The van der Waals surface area contributed by atoms with Crippen LogP contribution in [0.4, 0.5) is 0 Å². The van der Waals surface area contributed by atoms with Crippen LogP contribution in [0.2, 0.25) is 0 Å². The highest BCUT2D eigenvalue weighted by Crippen LogP contribution is 2.45. The van der Waals surface area contributed by atoms with Crippen molar-refractivity contribution in [2.24, 2.45) is 18.7 Å². The SMILES string of the molecule is CN1C[C@H](C(N)C(=O)OCc2ccccc2)C[C@@H]2c3cccc4c3c(cn4C)C[C@H]21. The van der Waals surface area contributed by atoms with E-state index in [2.05, 4.69) is 48.0 Å². The van der Waals surface area contributed by atoms with E-state index in [1.807, 2.05) is 30.3 Å². The summed E-state index contributed by atoms with van der Waals surface area (Å²) in [4.78, 5) is 15.1. The number of aromatic nitrogens is 1. The molecule has 1 fully saturated rings. The Morgan fingerprint density at radius 3 is 2.77 bits per heavy atom. The second-order valence-corrected chi connectivity index (χ2v) is 8.94. The monoisotopic (exact) mass is 403 g/mol. The molecule has 0 radical (unpaired) electrons. The summed E-state index contributed by atoms with van der Waals surface area (Å²) in [5.41, 5.74) is 11.5. The minimum absolute atomic E-state index is 0.0834. The van der Waals surface area contributed by atoms with E-state index in [9.17, 15) is 4.79 Å². The highest BCUT2D eigenvalue weighted by Gasteiger charge is 2.42. The van der Waals surface area contributed by atoms with Crippen molar-refractivity contribution in [2.45, 2.75) is 37.5 Å². The standard InChI is InChI=1S/C25H29N3O2/c1-27-13-17-12-22-20(19-9-6-10-21(27)23(17)19)11-18(14-28(22)2)24(26)25(29)30-15-16-7-4-3-5-8-16/h3-10,13,18,20,22,24H,11-12,14-15,26H2,1-2H3/t18-,20-,22-,24?/m1/s1. The third-order valence-electron chi connectivity index (χ3n) is 7.07. The predicted molar refractivity (Wildman–Crippen MR) is 118 cm³/mol. The Labute approximate surface area is 177 Å². The third-order valence-corrected chi connectivity index (χ3v) is 7.07. The van der Waals surface area contributed by atoms with Gasteiger partial charge in [-0.2, -0.15) is 0 Å². The predicted octanol–water partition coefficient (Wildman–Crippen LogP) is 3.21. The van der Waals surface area contributed by atoms with E-state index in [-0.39, 0.29) is 18.5 Å². The number of fused-ring (bicyclic) bond motifs is 2. The molecule has 2 aliphatic rings. The normalized spacial score (nSPS) is 24.4. The van der Waals surface area contributed by atoms with Gasteiger partial charge < -0.3 is 19.9 Å². The van der Waals surface area contributed by atoms with E-state index >= 15 is 0 Å². The molecule has 2 heterocycles. The van der Waals surface area contributed by atoms with E-state index in [0.717, 1.165) is 24.9 Å². The largest absolute Gasteiger partial charge is 0.460 e. The number of ether oxygens (including phenoxy) is 1. The van der Waals surface area contributed by atoms with Gasteiger partial charge in [0.15, 0.2) is 0 Å². The van der Waals surface area contributed by atoms with Crippen LogP contribution in [0.3, 0.4) is 0 Å². The first kappa shape index (κ1) is 19.3. The molecule has 0 saturated carbocycles. The van der Waals surface area contributed by atoms with Crippen LogP contribution in [-0.2, 0) is 29.6 Å². The van der Waals surface area contributed by atoms with Crippen molar-refractivity contribution in [3.63, 3.8) is 0 Å². The number of rotatable bonds is 4. The van der Waals surface area contributed by atoms with Gasteiger partial charge in [0.25, 0.3) is 0 Å². The van der Waals surface area contributed by atoms with E-state index in [1.165, 1.54) is 22.0 Å². The molecule has 1 aromatic heterocycles. The zero-order chi connectivity index (χ0) is 20.8. The number of hydrogen-bond donors (Lipinski definition) is 1. The third kappa shape index (κ3) is 3.22. The molecule has 0 spiro atoms. The van der Waals surface area contributed by atoms with Crippen LogP contribution in [0.25, 0.3) is 10.9 Å². The first-order chi connectivity index (χ1) is 14.5. The van der Waals surface area contributed by atoms with Crippen LogP contribution in [0.1, 0.15) is 29.0 Å². The maximum atomic E-state index is 12.7. The fourth-order valence-electron chi connectivity index (χ4n) is 5.54. The molecule has 3 aromatic rings. The van der Waals surface area contributed by atoms with E-state index < -0.39 is 6.04 Å². The Morgan fingerprint density at radius 2 is 1.97 bits per heavy atom. The molecule has 0 bridgehead atoms. The number of carbonyl (C=O) groups excluding carboxylic acids is 1. The van der Waals surface area contributed by atoms with Crippen molar-refractivity contribution < 1.29 is 9.53 Å². The Hall–Kier alpha value is -2.63. The Bertz CT molecular complexity index is 1070. The summed E-state index contributed by atoms with van der Waals surface area (Å²) >= 11 is 0. The topological polar surface area (TPSA) is 60.5 Å². The molecule has 5 rings (SSSR count). The summed E-state index contributed by atoms with van der Waals surface area (Å²) in [5, 5.41) is 1.40. The minimum Gasteiger partial charge on any atom is -0.460 e. The number of benzene rings is 2. The number of likely N-dealkylation sites (N-methyl/N-ethyl adjacent to an activating group) is 1. The maximum Gasteiger partial charge on any atom is 0.323 e. The van der Waals surface area contributed by atoms with Crippen molar-refractivity contribution in [2.75, 3.05) is 13.6 Å². The van der Waals surface area contributed by atoms with Crippen molar-refractivity contribution in [1.29, 1.82) is 0 Å². The number of hydrogen-bond acceptors (Lipinski definition) is 4. The van der Waals surface area contributed by atoms with Gasteiger partial charge in [-0.1, -0.05) is 42.5 Å². The Kier molecular flexibility index (Phi) is 4.88. The summed E-state index contributed by atoms with van der Waals surface area (Å²) in [6.07, 6.45) is 4.25. The number of likely N-dealkylation sites (tertiary alicyclic amines) is 1. The van der Waals surface area contributed by atoms with Crippen LogP contribution in [0, 0.1) is 5.92 Å².